The third-order valence-corrected chi connectivity index (χ3v) is 9.48. The van der Waals surface area contributed by atoms with E-state index < -0.39 is 4.44 Å². The molecule has 0 heterocycles. The topological polar surface area (TPSA) is 47.6 Å². The Morgan fingerprint density at radius 2 is 1.57 bits per heavy atom. The number of hydrogen-bond acceptors (Lipinski definition) is 5. The Morgan fingerprint density at radius 1 is 1.07 bits per heavy atom. The normalized spacial score (nSPS) is 10.1. The van der Waals surface area contributed by atoms with Crippen molar-refractivity contribution in [2.45, 2.75) is 0 Å². The van der Waals surface area contributed by atoms with Crippen LogP contribution in [0, 0.1) is 21.3 Å². The molecule has 0 saturated heterocycles. The highest BCUT2D eigenvalue weighted by molar-refractivity contribution is 9.04. The molecule has 0 bridgehead atoms. The fraction of sp³-hybridized carbons (Fsp3) is 0. The van der Waals surface area contributed by atoms with Crippen LogP contribution in [0.1, 0.15) is 0 Å². The summed E-state index contributed by atoms with van der Waals surface area (Å²) >= 11 is 7.42. The monoisotopic (exact) mass is 256 g/mol. The SMILES string of the molecule is N#CSP(=S)(SC#N)c1ccccc1. The van der Waals surface area contributed by atoms with Crippen molar-refractivity contribution in [3.8, 4) is 10.8 Å². The van der Waals surface area contributed by atoms with Gasteiger partial charge in [-0.25, -0.2) is 0 Å². The maximum atomic E-state index is 8.64. The van der Waals surface area contributed by atoms with E-state index >= 15 is 0 Å². The summed E-state index contributed by atoms with van der Waals surface area (Å²) < 4.78 is -2.13. The molecule has 0 amide bonds. The van der Waals surface area contributed by atoms with Crippen LogP contribution in [-0.4, -0.2) is 0 Å². The number of nitriles is 2. The number of nitrogens with zero attached hydrogens (tertiary/aromatic N) is 2. The molecule has 1 aromatic rings. The Balaban J connectivity index is 3.09. The van der Waals surface area contributed by atoms with E-state index in [2.05, 4.69) is 0 Å². The Hall–Kier alpha value is -0.450. The average Bonchev–Trinajstić information content (AvgIpc) is 2.20. The van der Waals surface area contributed by atoms with Gasteiger partial charge in [0, 0.05) is 28.1 Å². The molecular weight excluding hydrogens is 251 g/mol. The second kappa shape index (κ2) is 5.44. The second-order valence-electron chi connectivity index (χ2n) is 2.20. The van der Waals surface area contributed by atoms with Crippen LogP contribution in [0.5, 0.6) is 0 Å². The van der Waals surface area contributed by atoms with Crippen LogP contribution in [0.2, 0.25) is 0 Å². The molecule has 0 aromatic heterocycles. The van der Waals surface area contributed by atoms with E-state index in [-0.39, 0.29) is 0 Å². The van der Waals surface area contributed by atoms with Gasteiger partial charge < -0.3 is 0 Å². The Labute approximate surface area is 95.8 Å². The Kier molecular flexibility index (Phi) is 4.51. The van der Waals surface area contributed by atoms with Gasteiger partial charge in [0.05, 0.1) is 0 Å². The summed E-state index contributed by atoms with van der Waals surface area (Å²) in [6.07, 6.45) is 0. The van der Waals surface area contributed by atoms with E-state index in [1.165, 1.54) is 0 Å². The van der Waals surface area contributed by atoms with Gasteiger partial charge in [-0.1, -0.05) is 42.1 Å². The van der Waals surface area contributed by atoms with Crippen LogP contribution >= 0.6 is 27.2 Å². The van der Waals surface area contributed by atoms with Crippen molar-refractivity contribution in [2.24, 2.45) is 0 Å². The van der Waals surface area contributed by atoms with Crippen molar-refractivity contribution in [1.29, 1.82) is 10.5 Å². The smallest absolute Gasteiger partial charge is 0.139 e. The summed E-state index contributed by atoms with van der Waals surface area (Å²) in [5.74, 6) is 0. The van der Waals surface area contributed by atoms with Gasteiger partial charge in [0.2, 0.25) is 0 Å². The first kappa shape index (κ1) is 11.6. The number of thiocyanates is 2. The summed E-state index contributed by atoms with van der Waals surface area (Å²) in [6.45, 7) is 0. The Morgan fingerprint density at radius 3 is 2.00 bits per heavy atom. The third kappa shape index (κ3) is 2.77. The minimum Gasteiger partial charge on any atom is -0.185 e. The van der Waals surface area contributed by atoms with E-state index in [1.807, 2.05) is 41.1 Å². The predicted octanol–water partition coefficient (Wildman–Crippen LogP) is 3.05. The molecule has 0 aliphatic rings. The van der Waals surface area contributed by atoms with Crippen LogP contribution in [0.25, 0.3) is 0 Å². The minimum absolute atomic E-state index is 0.910. The van der Waals surface area contributed by atoms with E-state index in [0.29, 0.717) is 0 Å². The quantitative estimate of drug-likeness (QED) is 0.614. The first-order chi connectivity index (χ1) is 6.73. The summed E-state index contributed by atoms with van der Waals surface area (Å²) in [6, 6.07) is 9.36. The molecule has 0 spiro atoms. The van der Waals surface area contributed by atoms with E-state index in [4.69, 9.17) is 22.3 Å². The number of rotatable bonds is 3. The number of benzene rings is 1. The molecule has 0 atom stereocenters. The van der Waals surface area contributed by atoms with Crippen molar-refractivity contribution in [1.82, 2.24) is 0 Å². The fourth-order valence-electron chi connectivity index (χ4n) is 0.842. The molecule has 6 heteroatoms. The van der Waals surface area contributed by atoms with E-state index in [1.54, 1.807) is 0 Å². The maximum absolute atomic E-state index is 8.64. The van der Waals surface area contributed by atoms with Crippen LogP contribution < -0.4 is 5.30 Å². The molecule has 1 rings (SSSR count). The molecule has 0 fully saturated rings. The fourth-order valence-corrected chi connectivity index (χ4v) is 5.86. The van der Waals surface area contributed by atoms with Gasteiger partial charge >= 0.3 is 0 Å². The molecule has 0 unspecified atom stereocenters. The lowest BCUT2D eigenvalue weighted by Gasteiger charge is -2.12. The first-order valence-corrected chi connectivity index (χ1v) is 9.18. The highest BCUT2D eigenvalue weighted by Gasteiger charge is 2.21. The molecule has 2 nitrogen and oxygen atoms in total. The molecule has 1 aromatic carbocycles. The predicted molar refractivity (Wildman–Crippen MR) is 66.8 cm³/mol. The molecular formula is C8H5N2PS3. The summed E-state index contributed by atoms with van der Waals surface area (Å²) in [5.41, 5.74) is 0. The van der Waals surface area contributed by atoms with Gasteiger partial charge in [-0.15, -0.1) is 0 Å². The lowest BCUT2D eigenvalue weighted by atomic mass is 10.4. The molecule has 70 valence electrons. The average molecular weight is 256 g/mol. The summed E-state index contributed by atoms with van der Waals surface area (Å²) in [4.78, 5) is 0. The molecule has 0 aliphatic carbocycles. The van der Waals surface area contributed by atoms with Gasteiger partial charge in [0.1, 0.15) is 15.2 Å². The minimum atomic E-state index is -2.13. The van der Waals surface area contributed by atoms with Crippen molar-refractivity contribution < 1.29 is 0 Å². The van der Waals surface area contributed by atoms with Gasteiger partial charge in [0.25, 0.3) is 0 Å². The molecule has 14 heavy (non-hydrogen) atoms. The summed E-state index contributed by atoms with van der Waals surface area (Å²) in [5, 5.41) is 22.2. The van der Waals surface area contributed by atoms with Crippen LogP contribution in [0.4, 0.5) is 0 Å². The first-order valence-electron chi connectivity index (χ1n) is 3.54. The summed E-state index contributed by atoms with van der Waals surface area (Å²) in [7, 11) is 0. The van der Waals surface area contributed by atoms with Gasteiger partial charge in [-0.05, 0) is 0 Å². The van der Waals surface area contributed by atoms with Gasteiger partial charge in [0.15, 0.2) is 0 Å². The van der Waals surface area contributed by atoms with Crippen molar-refractivity contribution in [3.63, 3.8) is 0 Å². The maximum Gasteiger partial charge on any atom is 0.139 e. The molecule has 0 saturated carbocycles. The van der Waals surface area contributed by atoms with Crippen molar-refractivity contribution >= 4 is 44.3 Å². The zero-order valence-corrected chi connectivity index (χ0v) is 10.3. The standard InChI is InChI=1S/C8H5N2PS3/c9-6-13-11(12,14-7-10)8-4-2-1-3-5-8/h1-5H. The molecule has 0 radical (unpaired) electrons. The van der Waals surface area contributed by atoms with Crippen molar-refractivity contribution in [2.75, 3.05) is 0 Å². The molecule has 0 aliphatic heterocycles. The number of hydrogen-bond donors (Lipinski definition) is 0. The zero-order valence-electron chi connectivity index (χ0n) is 6.95. The van der Waals surface area contributed by atoms with E-state index in [9.17, 15) is 0 Å². The van der Waals surface area contributed by atoms with Crippen molar-refractivity contribution in [3.05, 3.63) is 30.3 Å². The van der Waals surface area contributed by atoms with Gasteiger partial charge in [-0.2, -0.15) is 10.5 Å². The highest BCUT2D eigenvalue weighted by atomic mass is 33.2. The lowest BCUT2D eigenvalue weighted by Crippen LogP contribution is -1.96. The largest absolute Gasteiger partial charge is 0.185 e. The van der Waals surface area contributed by atoms with Crippen LogP contribution in [0.3, 0.4) is 0 Å². The molecule has 0 N–H and O–H groups in total. The zero-order chi connectivity index (χ0) is 10.4. The van der Waals surface area contributed by atoms with E-state index in [0.717, 1.165) is 28.1 Å². The third-order valence-electron chi connectivity index (χ3n) is 1.39. The second-order valence-corrected chi connectivity index (χ2v) is 12.5. The lowest BCUT2D eigenvalue weighted by molar-refractivity contribution is 1.57. The van der Waals surface area contributed by atoms with Crippen LogP contribution in [0.15, 0.2) is 30.3 Å². The highest BCUT2D eigenvalue weighted by Crippen LogP contribution is 2.67. The Bertz CT molecular complexity index is 412. The van der Waals surface area contributed by atoms with Gasteiger partial charge in [-0.3, -0.25) is 0 Å². The van der Waals surface area contributed by atoms with Crippen LogP contribution in [-0.2, 0) is 11.8 Å².